The molecule has 1 aliphatic rings. The number of amides is 1. The molecule has 4 rings (SSSR count). The Balaban J connectivity index is 1.36. The summed E-state index contributed by atoms with van der Waals surface area (Å²) in [6, 6.07) is 15.4. The van der Waals surface area contributed by atoms with Crippen molar-refractivity contribution in [3.63, 3.8) is 0 Å². The Kier molecular flexibility index (Phi) is 6.38. The minimum absolute atomic E-state index is 0.00852. The molecule has 0 unspecified atom stereocenters. The number of aromatic nitrogens is 1. The number of aryl methyl sites for hydroxylation is 1. The number of benzene rings is 2. The van der Waals surface area contributed by atoms with Crippen LogP contribution in [0.2, 0.25) is 5.02 Å². The topological polar surface area (TPSA) is 55.6 Å². The zero-order valence-electron chi connectivity index (χ0n) is 17.0. The van der Waals surface area contributed by atoms with Crippen molar-refractivity contribution in [1.29, 1.82) is 0 Å². The first-order chi connectivity index (χ1) is 14.6. The molecule has 5 nitrogen and oxygen atoms in total. The number of para-hydroxylation sites is 1. The van der Waals surface area contributed by atoms with Crippen molar-refractivity contribution in [2.75, 3.05) is 19.7 Å². The van der Waals surface area contributed by atoms with Gasteiger partial charge in [0.15, 0.2) is 12.5 Å². The van der Waals surface area contributed by atoms with Crippen molar-refractivity contribution in [2.24, 2.45) is 0 Å². The van der Waals surface area contributed by atoms with Gasteiger partial charge in [-0.25, -0.2) is 4.98 Å². The lowest BCUT2D eigenvalue weighted by Crippen LogP contribution is -2.41. The van der Waals surface area contributed by atoms with Crippen LogP contribution in [0.1, 0.15) is 41.5 Å². The number of hydrogen-bond acceptors (Lipinski definition) is 4. The maximum atomic E-state index is 12.7. The maximum Gasteiger partial charge on any atom is 0.260 e. The number of carbonyl (C=O) groups excluding carboxylic acids is 1. The normalized spacial score (nSPS) is 16.5. The lowest BCUT2D eigenvalue weighted by Gasteiger charge is -2.31. The minimum atomic E-state index is -0.00852. The van der Waals surface area contributed by atoms with E-state index in [0.717, 1.165) is 47.0 Å². The molecule has 2 aromatic carbocycles. The van der Waals surface area contributed by atoms with E-state index in [0.29, 0.717) is 18.9 Å². The third-order valence-electron chi connectivity index (χ3n) is 5.46. The molecule has 1 aliphatic heterocycles. The summed E-state index contributed by atoms with van der Waals surface area (Å²) in [5.41, 5.74) is 2.03. The Hall–Kier alpha value is -2.79. The Morgan fingerprint density at radius 2 is 2.03 bits per heavy atom. The average molecular weight is 425 g/mol. The van der Waals surface area contributed by atoms with E-state index in [9.17, 15) is 4.79 Å². The van der Waals surface area contributed by atoms with Gasteiger partial charge in [0.1, 0.15) is 11.5 Å². The number of likely N-dealkylation sites (tertiary alicyclic amines) is 1. The molecule has 30 heavy (non-hydrogen) atoms. The quantitative estimate of drug-likeness (QED) is 0.558. The molecule has 1 amide bonds. The lowest BCUT2D eigenvalue weighted by atomic mass is 9.98. The van der Waals surface area contributed by atoms with Gasteiger partial charge in [0.05, 0.1) is 12.1 Å². The van der Waals surface area contributed by atoms with Crippen LogP contribution in [-0.2, 0) is 11.2 Å². The Morgan fingerprint density at radius 1 is 1.23 bits per heavy atom. The van der Waals surface area contributed by atoms with Gasteiger partial charge in [-0.05, 0) is 43.0 Å². The molecule has 0 aliphatic carbocycles. The summed E-state index contributed by atoms with van der Waals surface area (Å²) in [4.78, 5) is 19.0. The zero-order chi connectivity index (χ0) is 20.9. The number of oxazole rings is 1. The zero-order valence-corrected chi connectivity index (χ0v) is 17.8. The summed E-state index contributed by atoms with van der Waals surface area (Å²) in [5.74, 6) is 2.31. The summed E-state index contributed by atoms with van der Waals surface area (Å²) < 4.78 is 11.7. The molecule has 3 aromatic rings. The van der Waals surface area contributed by atoms with Crippen LogP contribution in [-0.4, -0.2) is 35.5 Å². The molecule has 0 saturated carbocycles. The van der Waals surface area contributed by atoms with Gasteiger partial charge in [-0.15, -0.1) is 0 Å². The SMILES string of the molecule is Cc1ccccc1OCC(=O)N1CCC[C@H](c2ncc(Cc3ccccc3Cl)o2)C1. The summed E-state index contributed by atoms with van der Waals surface area (Å²) in [5, 5.41) is 0.721. The fourth-order valence-electron chi connectivity index (χ4n) is 3.78. The maximum absolute atomic E-state index is 12.7. The number of carbonyl (C=O) groups is 1. The average Bonchev–Trinajstić information content (AvgIpc) is 3.23. The summed E-state index contributed by atoms with van der Waals surface area (Å²) in [6.07, 6.45) is 4.24. The van der Waals surface area contributed by atoms with Crippen LogP contribution in [0.5, 0.6) is 5.75 Å². The van der Waals surface area contributed by atoms with Gasteiger partial charge in [-0.2, -0.15) is 0 Å². The second kappa shape index (κ2) is 9.35. The number of hydrogen-bond donors (Lipinski definition) is 0. The first-order valence-electron chi connectivity index (χ1n) is 10.2. The molecule has 2 heterocycles. The van der Waals surface area contributed by atoms with Crippen molar-refractivity contribution in [3.8, 4) is 5.75 Å². The van der Waals surface area contributed by atoms with Crippen LogP contribution in [0.15, 0.2) is 59.1 Å². The van der Waals surface area contributed by atoms with E-state index in [1.54, 1.807) is 6.20 Å². The second-order valence-corrected chi connectivity index (χ2v) is 8.07. The van der Waals surface area contributed by atoms with Crippen LogP contribution in [0, 0.1) is 6.92 Å². The van der Waals surface area contributed by atoms with Crippen LogP contribution < -0.4 is 4.74 Å². The smallest absolute Gasteiger partial charge is 0.260 e. The Morgan fingerprint density at radius 3 is 2.87 bits per heavy atom. The van der Waals surface area contributed by atoms with E-state index in [1.807, 2.05) is 60.4 Å². The summed E-state index contributed by atoms with van der Waals surface area (Å²) >= 11 is 6.25. The van der Waals surface area contributed by atoms with Crippen molar-refractivity contribution >= 4 is 17.5 Å². The van der Waals surface area contributed by atoms with Gasteiger partial charge < -0.3 is 14.1 Å². The molecule has 0 bridgehead atoms. The molecule has 1 aromatic heterocycles. The molecular formula is C24H25ClN2O3. The van der Waals surface area contributed by atoms with Crippen LogP contribution in [0.3, 0.4) is 0 Å². The van der Waals surface area contributed by atoms with Crippen LogP contribution in [0.4, 0.5) is 0 Å². The van der Waals surface area contributed by atoms with Gasteiger partial charge in [0.2, 0.25) is 0 Å². The van der Waals surface area contributed by atoms with Gasteiger partial charge in [0, 0.05) is 24.5 Å². The van der Waals surface area contributed by atoms with Crippen LogP contribution >= 0.6 is 11.6 Å². The standard InChI is InChI=1S/C24H25ClN2O3/c1-17-7-2-5-11-22(17)29-16-23(28)27-12-6-9-19(15-27)24-26-14-20(30-24)13-18-8-3-4-10-21(18)25/h2-5,7-8,10-11,14,19H,6,9,12-13,15-16H2,1H3/t19-/m0/s1. The first-order valence-corrected chi connectivity index (χ1v) is 10.6. The van der Waals surface area contributed by atoms with E-state index in [1.165, 1.54) is 0 Å². The number of rotatable bonds is 6. The highest BCUT2D eigenvalue weighted by Gasteiger charge is 2.28. The third kappa shape index (κ3) is 4.85. The third-order valence-corrected chi connectivity index (χ3v) is 5.83. The van der Waals surface area contributed by atoms with Gasteiger partial charge in [-0.1, -0.05) is 48.0 Å². The molecule has 1 fully saturated rings. The molecule has 1 atom stereocenters. The van der Waals surface area contributed by atoms with Gasteiger partial charge in [0.25, 0.3) is 5.91 Å². The largest absolute Gasteiger partial charge is 0.484 e. The molecule has 0 N–H and O–H groups in total. The lowest BCUT2D eigenvalue weighted by molar-refractivity contribution is -0.134. The van der Waals surface area contributed by atoms with Crippen molar-refractivity contribution in [3.05, 3.63) is 82.5 Å². The monoisotopic (exact) mass is 424 g/mol. The number of halogens is 1. The Bertz CT molecular complexity index is 1020. The molecule has 0 radical (unpaired) electrons. The number of piperidine rings is 1. The van der Waals surface area contributed by atoms with Crippen molar-refractivity contribution in [2.45, 2.75) is 32.1 Å². The Labute approximate surface area is 181 Å². The van der Waals surface area contributed by atoms with Gasteiger partial charge in [-0.3, -0.25) is 4.79 Å². The van der Waals surface area contributed by atoms with E-state index >= 15 is 0 Å². The summed E-state index contributed by atoms with van der Waals surface area (Å²) in [7, 11) is 0. The van der Waals surface area contributed by atoms with E-state index in [-0.39, 0.29) is 18.4 Å². The van der Waals surface area contributed by atoms with E-state index in [2.05, 4.69) is 4.98 Å². The summed E-state index contributed by atoms with van der Waals surface area (Å²) in [6.45, 7) is 3.35. The molecule has 156 valence electrons. The number of nitrogens with zero attached hydrogens (tertiary/aromatic N) is 2. The molecule has 1 saturated heterocycles. The van der Waals surface area contributed by atoms with Crippen LogP contribution in [0.25, 0.3) is 0 Å². The predicted molar refractivity (Wildman–Crippen MR) is 116 cm³/mol. The van der Waals surface area contributed by atoms with E-state index < -0.39 is 0 Å². The van der Waals surface area contributed by atoms with Gasteiger partial charge >= 0.3 is 0 Å². The highest BCUT2D eigenvalue weighted by molar-refractivity contribution is 6.31. The van der Waals surface area contributed by atoms with Crippen molar-refractivity contribution in [1.82, 2.24) is 9.88 Å². The highest BCUT2D eigenvalue weighted by Crippen LogP contribution is 2.28. The molecule has 6 heteroatoms. The molecule has 0 spiro atoms. The van der Waals surface area contributed by atoms with E-state index in [4.69, 9.17) is 20.8 Å². The predicted octanol–water partition coefficient (Wildman–Crippen LogP) is 5.01. The fourth-order valence-corrected chi connectivity index (χ4v) is 3.98. The van der Waals surface area contributed by atoms with Crippen molar-refractivity contribution < 1.29 is 13.9 Å². The number of ether oxygens (including phenoxy) is 1. The molecular weight excluding hydrogens is 400 g/mol. The minimum Gasteiger partial charge on any atom is -0.484 e. The first kappa shape index (κ1) is 20.5. The highest BCUT2D eigenvalue weighted by atomic mass is 35.5. The fraction of sp³-hybridized carbons (Fsp3) is 0.333. The second-order valence-electron chi connectivity index (χ2n) is 7.67.